The lowest BCUT2D eigenvalue weighted by molar-refractivity contribution is 0.563. The third-order valence-electron chi connectivity index (χ3n) is 6.23. The van der Waals surface area contributed by atoms with Crippen LogP contribution in [0, 0.1) is 17.4 Å². The molecule has 0 saturated carbocycles. The monoisotopic (exact) mass is 671 g/mol. The molecule has 0 saturated heterocycles. The highest BCUT2D eigenvalue weighted by atomic mass is 127. The first-order valence-electron chi connectivity index (χ1n) is 11.8. The summed E-state index contributed by atoms with van der Waals surface area (Å²) in [5.74, 6) is 0. The molecule has 0 N–H and O–H groups in total. The Labute approximate surface area is 240 Å². The van der Waals surface area contributed by atoms with E-state index >= 15 is 0 Å². The van der Waals surface area contributed by atoms with E-state index in [0.717, 1.165) is 14.7 Å². The molecule has 0 bridgehead atoms. The molecule has 0 aliphatic rings. The number of rotatable bonds is 6. The minimum Gasteiger partial charge on any atom is -0.422 e. The van der Waals surface area contributed by atoms with E-state index in [1.807, 2.05) is 41.6 Å². The van der Waals surface area contributed by atoms with E-state index in [1.54, 1.807) is 49.4 Å². The molecule has 39 heavy (non-hydrogen) atoms. The molecule has 7 nitrogen and oxygen atoms in total. The molecular weight excluding hydrogens is 649 g/mol. The van der Waals surface area contributed by atoms with Crippen molar-refractivity contribution in [2.75, 3.05) is 3.71 Å². The van der Waals surface area contributed by atoms with E-state index in [-0.39, 0.29) is 26.6 Å². The van der Waals surface area contributed by atoms with Crippen LogP contribution in [-0.2, 0) is 20.0 Å². The molecule has 0 atom stereocenters. The van der Waals surface area contributed by atoms with Crippen molar-refractivity contribution in [1.29, 1.82) is 0 Å². The van der Waals surface area contributed by atoms with Crippen molar-refractivity contribution in [2.24, 2.45) is 0 Å². The molecule has 0 aliphatic carbocycles. The van der Waals surface area contributed by atoms with Gasteiger partial charge in [-0.1, -0.05) is 42.0 Å². The van der Waals surface area contributed by atoms with Crippen LogP contribution in [0.25, 0.3) is 22.1 Å². The number of fused-ring (bicyclic) bond motifs is 1. The van der Waals surface area contributed by atoms with Gasteiger partial charge in [0.1, 0.15) is 5.58 Å². The first kappa shape index (κ1) is 27.1. The van der Waals surface area contributed by atoms with Gasteiger partial charge in [-0.15, -0.1) is 0 Å². The summed E-state index contributed by atoms with van der Waals surface area (Å²) in [5, 5.41) is 0.368. The standard InChI is InChI=1S/C29H22INO6S2/c1-19-7-12-24(13-8-19)38(33,34)31(39(35,36)25-14-9-22(30)10-15-25)23-11-16-28-21(17-23)18-27(29(32)37-28)26-6-4-3-5-20(26)2/h3-18H,1-2H3. The van der Waals surface area contributed by atoms with Gasteiger partial charge in [-0.05, 0) is 108 Å². The molecule has 1 aromatic heterocycles. The van der Waals surface area contributed by atoms with Crippen molar-refractivity contribution in [3.05, 3.63) is 122 Å². The lowest BCUT2D eigenvalue weighted by atomic mass is 10.0. The third kappa shape index (κ3) is 5.11. The fourth-order valence-corrected chi connectivity index (χ4v) is 8.24. The highest BCUT2D eigenvalue weighted by molar-refractivity contribution is 14.1. The summed E-state index contributed by atoms with van der Waals surface area (Å²) < 4.78 is 62.5. The zero-order valence-electron chi connectivity index (χ0n) is 20.8. The summed E-state index contributed by atoms with van der Waals surface area (Å²) in [6.45, 7) is 3.67. The fourth-order valence-electron chi connectivity index (χ4n) is 4.20. The van der Waals surface area contributed by atoms with Gasteiger partial charge in [-0.2, -0.15) is 3.71 Å². The number of hydrogen-bond donors (Lipinski definition) is 0. The molecule has 0 fully saturated rings. The number of aryl methyl sites for hydroxylation is 2. The Balaban J connectivity index is 1.76. The zero-order valence-corrected chi connectivity index (χ0v) is 24.6. The van der Waals surface area contributed by atoms with E-state index in [0.29, 0.717) is 14.7 Å². The molecule has 5 rings (SSSR count). The first-order chi connectivity index (χ1) is 18.5. The molecule has 1 heterocycles. The van der Waals surface area contributed by atoms with Crippen molar-refractivity contribution < 1.29 is 21.3 Å². The van der Waals surface area contributed by atoms with Gasteiger partial charge >= 0.3 is 5.63 Å². The van der Waals surface area contributed by atoms with E-state index < -0.39 is 25.7 Å². The molecule has 4 aromatic carbocycles. The largest absolute Gasteiger partial charge is 0.422 e. The van der Waals surface area contributed by atoms with Crippen LogP contribution in [-0.4, -0.2) is 16.8 Å². The van der Waals surface area contributed by atoms with E-state index in [2.05, 4.69) is 0 Å². The maximum Gasteiger partial charge on any atom is 0.344 e. The van der Waals surface area contributed by atoms with Crippen LogP contribution in [0.5, 0.6) is 0 Å². The number of halogens is 1. The van der Waals surface area contributed by atoms with Gasteiger partial charge in [0.25, 0.3) is 20.0 Å². The predicted octanol–water partition coefficient (Wildman–Crippen LogP) is 6.27. The summed E-state index contributed by atoms with van der Waals surface area (Å²) >= 11 is 2.04. The highest BCUT2D eigenvalue weighted by Gasteiger charge is 2.37. The number of hydrogen-bond acceptors (Lipinski definition) is 6. The van der Waals surface area contributed by atoms with Crippen LogP contribution in [0.1, 0.15) is 11.1 Å². The lowest BCUT2D eigenvalue weighted by Crippen LogP contribution is -2.37. The normalized spacial score (nSPS) is 12.0. The molecule has 0 spiro atoms. The number of nitrogens with zero attached hydrogens (tertiary/aromatic N) is 1. The van der Waals surface area contributed by atoms with Gasteiger partial charge in [0.05, 0.1) is 21.0 Å². The second-order valence-corrected chi connectivity index (χ2v) is 14.0. The van der Waals surface area contributed by atoms with E-state index in [9.17, 15) is 21.6 Å². The number of sulfonamides is 2. The second-order valence-electron chi connectivity index (χ2n) is 8.96. The Morgan fingerprint density at radius 3 is 1.90 bits per heavy atom. The minimum atomic E-state index is -4.58. The van der Waals surface area contributed by atoms with E-state index in [1.165, 1.54) is 42.5 Å². The Hall–Kier alpha value is -3.48. The topological polar surface area (TPSA) is 102 Å². The average Bonchev–Trinajstić information content (AvgIpc) is 2.89. The molecule has 0 unspecified atom stereocenters. The molecular formula is C29H22INO6S2. The second kappa shape index (κ2) is 10.2. The highest BCUT2D eigenvalue weighted by Crippen LogP contribution is 2.34. The quantitative estimate of drug-likeness (QED) is 0.156. The molecule has 0 aliphatic heterocycles. The molecule has 10 heteroatoms. The summed E-state index contributed by atoms with van der Waals surface area (Å²) in [7, 11) is -9.16. The maximum absolute atomic E-state index is 13.9. The van der Waals surface area contributed by atoms with Gasteiger partial charge < -0.3 is 4.42 Å². The Kier molecular flexibility index (Phi) is 7.12. The zero-order chi connectivity index (χ0) is 27.9. The third-order valence-corrected chi connectivity index (χ3v) is 11.2. The van der Waals surface area contributed by atoms with Gasteiger partial charge in [-0.25, -0.2) is 21.6 Å². The molecule has 5 aromatic rings. The molecule has 198 valence electrons. The van der Waals surface area contributed by atoms with Gasteiger partial charge in [0, 0.05) is 8.96 Å². The SMILES string of the molecule is Cc1ccc(S(=O)(=O)N(c2ccc3oc(=O)c(-c4ccccc4C)cc3c2)S(=O)(=O)c2ccc(I)cc2)cc1. The average molecular weight is 672 g/mol. The summed E-state index contributed by atoms with van der Waals surface area (Å²) in [5.41, 5.74) is 2.14. The molecule has 0 radical (unpaired) electrons. The summed E-state index contributed by atoms with van der Waals surface area (Å²) in [4.78, 5) is 12.4. The number of benzene rings is 4. The van der Waals surface area contributed by atoms with Crippen molar-refractivity contribution >= 4 is 59.3 Å². The molecule has 0 amide bonds. The van der Waals surface area contributed by atoms with Crippen LogP contribution in [0.2, 0.25) is 0 Å². The Morgan fingerprint density at radius 1 is 0.692 bits per heavy atom. The first-order valence-corrected chi connectivity index (χ1v) is 15.7. The predicted molar refractivity (Wildman–Crippen MR) is 160 cm³/mol. The van der Waals surface area contributed by atoms with E-state index in [4.69, 9.17) is 4.42 Å². The minimum absolute atomic E-state index is 0.119. The van der Waals surface area contributed by atoms with Gasteiger partial charge in [0.2, 0.25) is 0 Å². The van der Waals surface area contributed by atoms with Crippen LogP contribution in [0.3, 0.4) is 0 Å². The Morgan fingerprint density at radius 2 is 1.28 bits per heavy atom. The Bertz CT molecular complexity index is 1910. The van der Waals surface area contributed by atoms with Gasteiger partial charge in [-0.3, -0.25) is 0 Å². The number of anilines is 1. The van der Waals surface area contributed by atoms with Crippen LogP contribution in [0.4, 0.5) is 5.69 Å². The van der Waals surface area contributed by atoms with Crippen LogP contribution >= 0.6 is 22.6 Å². The van der Waals surface area contributed by atoms with Crippen molar-refractivity contribution in [3.63, 3.8) is 0 Å². The van der Waals surface area contributed by atoms with Crippen LogP contribution in [0.15, 0.2) is 116 Å². The van der Waals surface area contributed by atoms with Crippen molar-refractivity contribution in [2.45, 2.75) is 23.6 Å². The lowest BCUT2D eigenvalue weighted by Gasteiger charge is -2.24. The van der Waals surface area contributed by atoms with Gasteiger partial charge in [0.15, 0.2) is 0 Å². The maximum atomic E-state index is 13.9. The van der Waals surface area contributed by atoms with Crippen LogP contribution < -0.4 is 9.34 Å². The smallest absolute Gasteiger partial charge is 0.344 e. The van der Waals surface area contributed by atoms with Crippen molar-refractivity contribution in [3.8, 4) is 11.1 Å². The summed E-state index contributed by atoms with van der Waals surface area (Å²) in [6.07, 6.45) is 0. The van der Waals surface area contributed by atoms with Crippen molar-refractivity contribution in [1.82, 2.24) is 0 Å². The fraction of sp³-hybridized carbons (Fsp3) is 0.0690. The summed E-state index contributed by atoms with van der Waals surface area (Å²) in [6, 6.07) is 24.9.